The highest BCUT2D eigenvalue weighted by molar-refractivity contribution is 6.34. The third-order valence-electron chi connectivity index (χ3n) is 5.66. The van der Waals surface area contributed by atoms with Crippen molar-refractivity contribution in [3.05, 3.63) is 103 Å². The Balaban J connectivity index is 0. The molecule has 0 bridgehead atoms. The minimum atomic E-state index is -1.33. The van der Waals surface area contributed by atoms with Gasteiger partial charge in [0.25, 0.3) is 0 Å². The second-order valence-electron chi connectivity index (χ2n) is 8.86. The van der Waals surface area contributed by atoms with Gasteiger partial charge in [0, 0.05) is 41.1 Å². The second-order valence-corrected chi connectivity index (χ2v) is 9.67. The Morgan fingerprint density at radius 2 is 0.850 bits per heavy atom. The normalized spacial score (nSPS) is 11.6. The maximum atomic E-state index is 12.7. The van der Waals surface area contributed by atoms with Crippen LogP contribution in [0.15, 0.2) is 36.4 Å². The van der Waals surface area contributed by atoms with Crippen molar-refractivity contribution in [1.82, 2.24) is 4.90 Å². The summed E-state index contributed by atoms with van der Waals surface area (Å²) in [6.45, 7) is 10.0. The lowest BCUT2D eigenvalue weighted by atomic mass is 10.1. The van der Waals surface area contributed by atoms with Gasteiger partial charge in [-0.15, -0.1) is 0 Å². The summed E-state index contributed by atoms with van der Waals surface area (Å²) in [7, 11) is 1.51. The van der Waals surface area contributed by atoms with Crippen molar-refractivity contribution in [1.29, 1.82) is 0 Å². The molecular weight excluding hydrogens is 565 g/mol. The second kappa shape index (κ2) is 17.7. The number of rotatable bonds is 0. The number of hydrogen-bond acceptors (Lipinski definition) is 2. The molecule has 1 aliphatic rings. The molecule has 1 fully saturated rings. The molecule has 3 aromatic carbocycles. The molecule has 3 nitrogen and oxygen atoms in total. The molecular formula is C31H39Cl2F4NO2. The smallest absolute Gasteiger partial charge is 0.229 e. The van der Waals surface area contributed by atoms with Crippen molar-refractivity contribution in [3.63, 3.8) is 0 Å². The molecule has 0 aliphatic carbocycles. The molecule has 4 rings (SSSR count). The van der Waals surface area contributed by atoms with E-state index in [1.165, 1.54) is 23.1 Å². The lowest BCUT2D eigenvalue weighted by molar-refractivity contribution is -0.136. The number of nitrogens with zero attached hydrogens (tertiary/aromatic N) is 1. The first-order chi connectivity index (χ1) is 17.6. The van der Waals surface area contributed by atoms with E-state index in [1.54, 1.807) is 0 Å². The Morgan fingerprint density at radius 1 is 0.600 bits per heavy atom. The van der Waals surface area contributed by atoms with Gasteiger partial charge in [-0.1, -0.05) is 73.4 Å². The van der Waals surface area contributed by atoms with Crippen LogP contribution >= 0.6 is 23.2 Å². The zero-order valence-corrected chi connectivity index (χ0v) is 23.9. The maximum absolute atomic E-state index is 12.7. The Hall–Kier alpha value is -2.90. The summed E-state index contributed by atoms with van der Waals surface area (Å²) in [5, 5.41) is 1.56. The molecule has 0 radical (unpaired) electrons. The summed E-state index contributed by atoms with van der Waals surface area (Å²) < 4.78 is 50.6. The van der Waals surface area contributed by atoms with Crippen LogP contribution in [0.4, 0.5) is 17.6 Å². The molecule has 0 aromatic heterocycles. The number of amides is 2. The fraction of sp³-hybridized carbons (Fsp3) is 0.355. The van der Waals surface area contributed by atoms with Crippen LogP contribution in [0, 0.1) is 64.8 Å². The Morgan fingerprint density at radius 3 is 1.05 bits per heavy atom. The highest BCUT2D eigenvalue weighted by Crippen LogP contribution is 2.24. The summed E-state index contributed by atoms with van der Waals surface area (Å²) in [5.74, 6) is -5.43. The lowest BCUT2D eigenvalue weighted by Gasteiger charge is -2.04. The number of benzene rings is 3. The molecule has 1 saturated heterocycles. The van der Waals surface area contributed by atoms with Crippen LogP contribution in [0.2, 0.25) is 10.0 Å². The molecule has 1 heterocycles. The Kier molecular flexibility index (Phi) is 17.4. The average molecular weight is 605 g/mol. The number of hydrogen-bond donors (Lipinski definition) is 0. The zero-order chi connectivity index (χ0) is 29.3. The summed E-state index contributed by atoms with van der Waals surface area (Å²) in [6.07, 6.45) is 0.796. The van der Waals surface area contributed by atoms with Gasteiger partial charge >= 0.3 is 0 Å². The number of halogens is 6. The standard InChI is InChI=1S/C8H8Cl2.C8H6F4.C8H10.C5H7NO2.2CH4/c1-5-3-8(10)6(2)4-7(5)9;1-3-5(9)7(11)4(2)8(12)6(3)10;1-7-3-5-8(2)6-4-7;1-6-4(7)2-3-5(6)8;;/h3-4H,1-2H3;1-2H3;3-6H,1-2H3;2-3H2,1H3;2*1H4. The molecule has 0 unspecified atom stereocenters. The fourth-order valence-corrected chi connectivity index (χ4v) is 3.36. The van der Waals surface area contributed by atoms with E-state index in [2.05, 4.69) is 38.1 Å². The van der Waals surface area contributed by atoms with E-state index in [0.29, 0.717) is 12.8 Å². The van der Waals surface area contributed by atoms with Crippen LogP contribution in [-0.4, -0.2) is 23.8 Å². The monoisotopic (exact) mass is 603 g/mol. The molecule has 0 atom stereocenters. The minimum Gasteiger partial charge on any atom is -0.286 e. The van der Waals surface area contributed by atoms with E-state index < -0.39 is 34.4 Å². The van der Waals surface area contributed by atoms with Gasteiger partial charge in [-0.2, -0.15) is 0 Å². The fourth-order valence-electron chi connectivity index (χ4n) is 2.92. The van der Waals surface area contributed by atoms with Crippen molar-refractivity contribution >= 4 is 35.0 Å². The van der Waals surface area contributed by atoms with E-state index in [4.69, 9.17) is 23.2 Å². The quantitative estimate of drug-likeness (QED) is 0.146. The number of likely N-dealkylation sites (tertiary alicyclic amines) is 1. The van der Waals surface area contributed by atoms with E-state index in [1.807, 2.05) is 26.0 Å². The number of aryl methyl sites for hydroxylation is 4. The molecule has 1 aliphatic heterocycles. The molecule has 2 amide bonds. The average Bonchev–Trinajstić information content (AvgIpc) is 3.17. The minimum absolute atomic E-state index is 0. The van der Waals surface area contributed by atoms with Gasteiger partial charge in [0.1, 0.15) is 0 Å². The summed E-state index contributed by atoms with van der Waals surface area (Å²) in [4.78, 5) is 22.1. The van der Waals surface area contributed by atoms with Crippen LogP contribution < -0.4 is 0 Å². The van der Waals surface area contributed by atoms with Crippen molar-refractivity contribution in [3.8, 4) is 0 Å². The van der Waals surface area contributed by atoms with Gasteiger partial charge in [-0.25, -0.2) is 17.6 Å². The topological polar surface area (TPSA) is 37.4 Å². The van der Waals surface area contributed by atoms with E-state index >= 15 is 0 Å². The van der Waals surface area contributed by atoms with Gasteiger partial charge in [0.05, 0.1) is 0 Å². The summed E-state index contributed by atoms with van der Waals surface area (Å²) in [5.41, 5.74) is 3.45. The predicted molar refractivity (Wildman–Crippen MR) is 158 cm³/mol. The largest absolute Gasteiger partial charge is 0.286 e. The van der Waals surface area contributed by atoms with Gasteiger partial charge in [-0.3, -0.25) is 14.5 Å². The van der Waals surface area contributed by atoms with Crippen LogP contribution in [0.1, 0.15) is 61.1 Å². The number of carbonyl (C=O) groups is 2. The van der Waals surface area contributed by atoms with Gasteiger partial charge < -0.3 is 0 Å². The summed E-state index contributed by atoms with van der Waals surface area (Å²) >= 11 is 11.7. The molecule has 40 heavy (non-hydrogen) atoms. The third kappa shape index (κ3) is 11.3. The van der Waals surface area contributed by atoms with Crippen molar-refractivity contribution < 1.29 is 27.2 Å². The van der Waals surface area contributed by atoms with Gasteiger partial charge in [-0.05, 0) is 64.8 Å². The molecule has 222 valence electrons. The van der Waals surface area contributed by atoms with Crippen molar-refractivity contribution in [2.45, 2.75) is 69.2 Å². The first-order valence-electron chi connectivity index (χ1n) is 11.6. The molecule has 0 N–H and O–H groups in total. The van der Waals surface area contributed by atoms with Gasteiger partial charge in [0.15, 0.2) is 23.3 Å². The van der Waals surface area contributed by atoms with E-state index in [0.717, 1.165) is 35.0 Å². The Labute approximate surface area is 246 Å². The van der Waals surface area contributed by atoms with Gasteiger partial charge in [0.2, 0.25) is 11.8 Å². The van der Waals surface area contributed by atoms with Crippen LogP contribution in [0.25, 0.3) is 0 Å². The summed E-state index contributed by atoms with van der Waals surface area (Å²) in [6, 6.07) is 12.2. The van der Waals surface area contributed by atoms with E-state index in [-0.39, 0.29) is 26.7 Å². The molecule has 0 saturated carbocycles. The van der Waals surface area contributed by atoms with Crippen LogP contribution in [-0.2, 0) is 9.59 Å². The maximum Gasteiger partial charge on any atom is 0.229 e. The van der Waals surface area contributed by atoms with E-state index in [9.17, 15) is 27.2 Å². The zero-order valence-electron chi connectivity index (χ0n) is 22.4. The molecule has 9 heteroatoms. The number of imide groups is 1. The van der Waals surface area contributed by atoms with Crippen molar-refractivity contribution in [2.75, 3.05) is 7.05 Å². The lowest BCUT2D eigenvalue weighted by Crippen LogP contribution is -2.23. The highest BCUT2D eigenvalue weighted by Gasteiger charge is 2.24. The third-order valence-corrected chi connectivity index (χ3v) is 6.48. The van der Waals surface area contributed by atoms with Crippen LogP contribution in [0.5, 0.6) is 0 Å². The molecule has 3 aromatic rings. The first-order valence-corrected chi connectivity index (χ1v) is 12.4. The molecule has 0 spiro atoms. The van der Waals surface area contributed by atoms with Crippen molar-refractivity contribution in [2.24, 2.45) is 0 Å². The van der Waals surface area contributed by atoms with Crippen LogP contribution in [0.3, 0.4) is 0 Å². The Bertz CT molecular complexity index is 1100. The number of carbonyl (C=O) groups excluding carboxylic acids is 2. The SMILES string of the molecule is C.C.CN1C(=O)CCC1=O.Cc1c(F)c(F)c(C)c(F)c1F.Cc1cc(Cl)c(C)cc1Cl.Cc1ccc(C)cc1. The first kappa shape index (κ1) is 39.2. The predicted octanol–water partition coefficient (Wildman–Crippen LogP) is 9.81. The highest BCUT2D eigenvalue weighted by atomic mass is 35.5.